The summed E-state index contributed by atoms with van der Waals surface area (Å²) in [5.74, 6) is 1.15. The number of nitrogens with one attached hydrogen (secondary N) is 1. The Morgan fingerprint density at radius 3 is 2.75 bits per heavy atom. The van der Waals surface area contributed by atoms with E-state index in [0.29, 0.717) is 6.54 Å². The van der Waals surface area contributed by atoms with Gasteiger partial charge in [-0.15, -0.1) is 0 Å². The Balaban J connectivity index is 2.65. The Bertz CT molecular complexity index is 502. The van der Waals surface area contributed by atoms with Gasteiger partial charge in [0.1, 0.15) is 5.82 Å². The van der Waals surface area contributed by atoms with Crippen molar-refractivity contribution in [1.29, 1.82) is 0 Å². The van der Waals surface area contributed by atoms with Crippen LogP contribution in [0.1, 0.15) is 5.56 Å². The summed E-state index contributed by atoms with van der Waals surface area (Å²) in [5, 5.41) is 1.26. The first-order valence-electron chi connectivity index (χ1n) is 5.31. The number of benzene rings is 1. The molecule has 0 spiro atoms. The number of hydrogen-bond acceptors (Lipinski definition) is 2. The van der Waals surface area contributed by atoms with Gasteiger partial charge in [0.05, 0.1) is 0 Å². The van der Waals surface area contributed by atoms with Gasteiger partial charge in [-0.1, -0.05) is 22.0 Å². The van der Waals surface area contributed by atoms with Crippen LogP contribution in [0.3, 0.4) is 0 Å². The molecule has 1 aromatic carbocycles. The van der Waals surface area contributed by atoms with Gasteiger partial charge in [0, 0.05) is 35.0 Å². The Morgan fingerprint density at radius 1 is 1.38 bits per heavy atom. The Kier molecular flexibility index (Phi) is 3.21. The number of rotatable bonds is 3. The van der Waals surface area contributed by atoms with Crippen LogP contribution in [0.4, 0.5) is 5.82 Å². The molecule has 0 fully saturated rings. The lowest BCUT2D eigenvalue weighted by Crippen LogP contribution is -2.13. The number of aromatic amines is 1. The van der Waals surface area contributed by atoms with Gasteiger partial charge in [0.25, 0.3) is 0 Å². The van der Waals surface area contributed by atoms with E-state index in [1.54, 1.807) is 0 Å². The van der Waals surface area contributed by atoms with E-state index >= 15 is 0 Å². The highest BCUT2D eigenvalue weighted by Crippen LogP contribution is 2.30. The van der Waals surface area contributed by atoms with Gasteiger partial charge in [-0.3, -0.25) is 0 Å². The molecule has 0 aliphatic rings. The molecule has 0 aliphatic carbocycles. The Hall–Kier alpha value is -1.00. The van der Waals surface area contributed by atoms with Crippen LogP contribution in [0.15, 0.2) is 22.7 Å². The summed E-state index contributed by atoms with van der Waals surface area (Å²) in [6.45, 7) is 0.670. The zero-order chi connectivity index (χ0) is 11.7. The number of fused-ring (bicyclic) bond motifs is 1. The maximum atomic E-state index is 5.67. The molecule has 4 heteroatoms. The largest absolute Gasteiger partial charge is 0.364 e. The molecule has 3 nitrogen and oxygen atoms in total. The Labute approximate surface area is 104 Å². The maximum absolute atomic E-state index is 5.67. The molecule has 86 valence electrons. The van der Waals surface area contributed by atoms with Crippen molar-refractivity contribution in [2.45, 2.75) is 6.42 Å². The minimum absolute atomic E-state index is 0.670. The first kappa shape index (κ1) is 11.5. The van der Waals surface area contributed by atoms with Crippen molar-refractivity contribution >= 4 is 32.7 Å². The summed E-state index contributed by atoms with van der Waals surface area (Å²) in [4.78, 5) is 5.53. The molecule has 1 heterocycles. The van der Waals surface area contributed by atoms with Gasteiger partial charge < -0.3 is 15.6 Å². The fraction of sp³-hybridized carbons (Fsp3) is 0.333. The zero-order valence-electron chi connectivity index (χ0n) is 9.55. The van der Waals surface area contributed by atoms with Crippen LogP contribution in [-0.2, 0) is 6.42 Å². The van der Waals surface area contributed by atoms with Gasteiger partial charge in [-0.2, -0.15) is 0 Å². The van der Waals surface area contributed by atoms with Crippen LogP contribution in [-0.4, -0.2) is 25.6 Å². The van der Waals surface area contributed by atoms with Crippen molar-refractivity contribution in [3.8, 4) is 0 Å². The number of anilines is 1. The smallest absolute Gasteiger partial charge is 0.109 e. The van der Waals surface area contributed by atoms with Crippen molar-refractivity contribution in [2.24, 2.45) is 5.73 Å². The maximum Gasteiger partial charge on any atom is 0.109 e. The highest BCUT2D eigenvalue weighted by atomic mass is 79.9. The Morgan fingerprint density at radius 2 is 2.12 bits per heavy atom. The van der Waals surface area contributed by atoms with E-state index in [1.165, 1.54) is 10.9 Å². The monoisotopic (exact) mass is 281 g/mol. The fourth-order valence-corrected chi connectivity index (χ4v) is 2.35. The van der Waals surface area contributed by atoms with Crippen molar-refractivity contribution < 1.29 is 0 Å². The van der Waals surface area contributed by atoms with E-state index in [4.69, 9.17) is 5.73 Å². The number of halogens is 1. The molecule has 1 aromatic heterocycles. The number of aromatic nitrogens is 1. The molecule has 0 saturated heterocycles. The molecule has 2 rings (SSSR count). The second kappa shape index (κ2) is 4.47. The van der Waals surface area contributed by atoms with Crippen LogP contribution < -0.4 is 10.6 Å². The van der Waals surface area contributed by atoms with Gasteiger partial charge in [0.2, 0.25) is 0 Å². The first-order valence-corrected chi connectivity index (χ1v) is 6.10. The van der Waals surface area contributed by atoms with Crippen LogP contribution in [0.2, 0.25) is 0 Å². The summed E-state index contributed by atoms with van der Waals surface area (Å²) >= 11 is 3.48. The highest BCUT2D eigenvalue weighted by molar-refractivity contribution is 9.10. The van der Waals surface area contributed by atoms with Crippen molar-refractivity contribution in [2.75, 3.05) is 25.5 Å². The fourth-order valence-electron chi connectivity index (χ4n) is 1.99. The lowest BCUT2D eigenvalue weighted by atomic mass is 10.1. The molecule has 16 heavy (non-hydrogen) atoms. The summed E-state index contributed by atoms with van der Waals surface area (Å²) in [7, 11) is 4.08. The third kappa shape index (κ3) is 1.95. The molecule has 0 unspecified atom stereocenters. The molecule has 0 radical (unpaired) electrons. The van der Waals surface area contributed by atoms with E-state index in [9.17, 15) is 0 Å². The number of nitrogens with two attached hydrogens (primary N) is 1. The third-order valence-corrected chi connectivity index (χ3v) is 3.18. The minimum Gasteiger partial charge on any atom is -0.364 e. The third-order valence-electron chi connectivity index (χ3n) is 2.69. The molecule has 0 amide bonds. The SMILES string of the molecule is CN(C)c1[nH]c2cc(Br)ccc2c1CCN. The van der Waals surface area contributed by atoms with Crippen molar-refractivity contribution in [3.05, 3.63) is 28.2 Å². The summed E-state index contributed by atoms with van der Waals surface area (Å²) < 4.78 is 1.09. The average Bonchev–Trinajstić information content (AvgIpc) is 2.57. The van der Waals surface area contributed by atoms with Crippen molar-refractivity contribution in [1.82, 2.24) is 4.98 Å². The second-order valence-corrected chi connectivity index (χ2v) is 4.99. The van der Waals surface area contributed by atoms with Gasteiger partial charge in [-0.05, 0) is 25.1 Å². The number of H-pyrrole nitrogens is 1. The summed E-state index contributed by atoms with van der Waals surface area (Å²) in [6.07, 6.45) is 0.898. The topological polar surface area (TPSA) is 45.0 Å². The van der Waals surface area contributed by atoms with Gasteiger partial charge in [0.15, 0.2) is 0 Å². The second-order valence-electron chi connectivity index (χ2n) is 4.08. The van der Waals surface area contributed by atoms with Crippen LogP contribution >= 0.6 is 15.9 Å². The van der Waals surface area contributed by atoms with Gasteiger partial charge >= 0.3 is 0 Å². The predicted molar refractivity (Wildman–Crippen MR) is 73.1 cm³/mol. The molecule has 0 atom stereocenters. The normalized spacial score (nSPS) is 11.0. The summed E-state index contributed by atoms with van der Waals surface area (Å²) in [5.41, 5.74) is 8.12. The lowest BCUT2D eigenvalue weighted by Gasteiger charge is -2.12. The summed E-state index contributed by atoms with van der Waals surface area (Å²) in [6, 6.07) is 6.30. The molecule has 0 saturated carbocycles. The van der Waals surface area contributed by atoms with Crippen LogP contribution in [0.25, 0.3) is 10.9 Å². The highest BCUT2D eigenvalue weighted by Gasteiger charge is 2.12. The molecule has 3 N–H and O–H groups in total. The molecule has 0 aliphatic heterocycles. The van der Waals surface area contributed by atoms with E-state index in [0.717, 1.165) is 22.2 Å². The standard InChI is InChI=1S/C12H16BrN3/c1-16(2)12-10(5-6-14)9-4-3-8(13)7-11(9)15-12/h3-4,7,15H,5-6,14H2,1-2H3. The van der Waals surface area contributed by atoms with Crippen molar-refractivity contribution in [3.63, 3.8) is 0 Å². The lowest BCUT2D eigenvalue weighted by molar-refractivity contribution is 0.958. The van der Waals surface area contributed by atoms with E-state index < -0.39 is 0 Å². The molecule has 0 bridgehead atoms. The predicted octanol–water partition coefficient (Wildman–Crippen LogP) is 2.50. The molecular weight excluding hydrogens is 266 g/mol. The van der Waals surface area contributed by atoms with Crippen LogP contribution in [0, 0.1) is 0 Å². The van der Waals surface area contributed by atoms with E-state index in [2.05, 4.69) is 44.0 Å². The van der Waals surface area contributed by atoms with Crippen LogP contribution in [0.5, 0.6) is 0 Å². The van der Waals surface area contributed by atoms with E-state index in [1.807, 2.05) is 14.1 Å². The number of hydrogen-bond donors (Lipinski definition) is 2. The van der Waals surface area contributed by atoms with Gasteiger partial charge in [-0.25, -0.2) is 0 Å². The average molecular weight is 282 g/mol. The molecular formula is C12H16BrN3. The first-order chi connectivity index (χ1) is 7.63. The van der Waals surface area contributed by atoms with E-state index in [-0.39, 0.29) is 0 Å². The quantitative estimate of drug-likeness (QED) is 0.908. The zero-order valence-corrected chi connectivity index (χ0v) is 11.1. The molecule has 2 aromatic rings. The number of nitrogens with zero attached hydrogens (tertiary/aromatic N) is 1. The minimum atomic E-state index is 0.670.